The lowest BCUT2D eigenvalue weighted by Gasteiger charge is -2.02. The van der Waals surface area contributed by atoms with Crippen molar-refractivity contribution in [3.63, 3.8) is 0 Å². The number of aryl methyl sites for hydroxylation is 1. The summed E-state index contributed by atoms with van der Waals surface area (Å²) in [6.07, 6.45) is 1.55. The lowest BCUT2D eigenvalue weighted by atomic mass is 10.2. The van der Waals surface area contributed by atoms with Gasteiger partial charge in [-0.2, -0.15) is 0 Å². The Balaban J connectivity index is 1.69. The number of nitrogens with zero attached hydrogens (tertiary/aromatic N) is 1. The third-order valence-corrected chi connectivity index (χ3v) is 4.98. The Morgan fingerprint density at radius 3 is 2.74 bits per heavy atom. The molecule has 0 N–H and O–H groups in total. The molecule has 0 saturated carbocycles. The molecule has 0 aliphatic rings. The molecule has 1 heterocycles. The molecule has 0 spiro atoms. The molecule has 3 nitrogen and oxygen atoms in total. The summed E-state index contributed by atoms with van der Waals surface area (Å²) < 4.78 is 17.8. The van der Waals surface area contributed by atoms with Gasteiger partial charge >= 0.3 is 0 Å². The first-order valence-electron chi connectivity index (χ1n) is 7.21. The van der Waals surface area contributed by atoms with Crippen LogP contribution in [-0.4, -0.2) is 9.19 Å². The molecule has 0 unspecified atom stereocenters. The van der Waals surface area contributed by atoms with Crippen LogP contribution < -0.4 is 0 Å². The Hall–Kier alpha value is -1.91. The van der Waals surface area contributed by atoms with E-state index in [9.17, 15) is 4.21 Å². The molecule has 0 bridgehead atoms. The van der Waals surface area contributed by atoms with E-state index in [0.29, 0.717) is 28.1 Å². The minimum atomic E-state index is -1.03. The predicted octanol–water partition coefficient (Wildman–Crippen LogP) is 4.75. The molecule has 23 heavy (non-hydrogen) atoms. The zero-order valence-electron chi connectivity index (χ0n) is 12.7. The summed E-state index contributed by atoms with van der Waals surface area (Å²) in [4.78, 5) is 4.40. The molecule has 0 aliphatic carbocycles. The van der Waals surface area contributed by atoms with Gasteiger partial charge < -0.3 is 4.42 Å². The highest BCUT2D eigenvalue weighted by Gasteiger charge is 2.12. The van der Waals surface area contributed by atoms with Crippen molar-refractivity contribution in [2.24, 2.45) is 0 Å². The maximum Gasteiger partial charge on any atom is 0.227 e. The van der Waals surface area contributed by atoms with Crippen molar-refractivity contribution in [2.45, 2.75) is 18.4 Å². The van der Waals surface area contributed by atoms with Crippen molar-refractivity contribution in [3.05, 3.63) is 76.6 Å². The maximum absolute atomic E-state index is 12.3. The smallest absolute Gasteiger partial charge is 0.227 e. The predicted molar refractivity (Wildman–Crippen MR) is 93.7 cm³/mol. The first kappa shape index (κ1) is 16.0. The van der Waals surface area contributed by atoms with Crippen molar-refractivity contribution in [2.75, 3.05) is 0 Å². The monoisotopic (exact) mass is 345 g/mol. The van der Waals surface area contributed by atoms with E-state index in [4.69, 9.17) is 16.0 Å². The third kappa shape index (κ3) is 4.09. The van der Waals surface area contributed by atoms with Gasteiger partial charge in [0.1, 0.15) is 6.26 Å². The minimum absolute atomic E-state index is 0.363. The summed E-state index contributed by atoms with van der Waals surface area (Å²) in [5.41, 5.74) is 3.65. The van der Waals surface area contributed by atoms with Gasteiger partial charge in [-0.05, 0) is 24.6 Å². The second-order valence-corrected chi connectivity index (χ2v) is 7.21. The number of halogens is 1. The van der Waals surface area contributed by atoms with Gasteiger partial charge in [-0.15, -0.1) is 0 Å². The molecule has 1 atom stereocenters. The molecule has 3 rings (SSSR count). The van der Waals surface area contributed by atoms with Crippen molar-refractivity contribution in [1.29, 1.82) is 0 Å². The van der Waals surface area contributed by atoms with Crippen molar-refractivity contribution in [1.82, 2.24) is 4.98 Å². The Labute approximate surface area is 142 Å². The molecule has 0 radical (unpaired) electrons. The summed E-state index contributed by atoms with van der Waals surface area (Å²) in [6, 6.07) is 15.4. The van der Waals surface area contributed by atoms with Crippen LogP contribution in [0.2, 0.25) is 5.02 Å². The van der Waals surface area contributed by atoms with Gasteiger partial charge in [0, 0.05) is 16.6 Å². The molecule has 1 aromatic heterocycles. The second-order valence-electron chi connectivity index (χ2n) is 5.34. The number of rotatable bonds is 5. The van der Waals surface area contributed by atoms with Crippen LogP contribution in [0.15, 0.2) is 59.2 Å². The molecule has 0 amide bonds. The van der Waals surface area contributed by atoms with Crippen LogP contribution in [0.1, 0.15) is 16.8 Å². The Bertz CT molecular complexity index is 844. The van der Waals surface area contributed by atoms with E-state index in [0.717, 1.165) is 11.1 Å². The van der Waals surface area contributed by atoms with Crippen molar-refractivity contribution >= 4 is 22.4 Å². The Morgan fingerprint density at radius 2 is 1.96 bits per heavy atom. The van der Waals surface area contributed by atoms with Gasteiger partial charge in [-0.25, -0.2) is 4.98 Å². The first-order valence-corrected chi connectivity index (χ1v) is 9.08. The highest BCUT2D eigenvalue weighted by atomic mass is 35.5. The average molecular weight is 346 g/mol. The zero-order valence-corrected chi connectivity index (χ0v) is 14.2. The molecule has 0 aliphatic heterocycles. The SMILES string of the molecule is Cc1cccc(C[S@](=O)Cc2coc(-c3ccccc3Cl)n2)c1. The van der Waals surface area contributed by atoms with Crippen LogP contribution in [0, 0.1) is 6.92 Å². The van der Waals surface area contributed by atoms with E-state index in [1.54, 1.807) is 12.3 Å². The summed E-state index contributed by atoms with van der Waals surface area (Å²) in [6.45, 7) is 2.03. The fourth-order valence-corrected chi connectivity index (χ4v) is 3.67. The van der Waals surface area contributed by atoms with Crippen molar-refractivity contribution in [3.8, 4) is 11.5 Å². The van der Waals surface area contributed by atoms with E-state index in [-0.39, 0.29) is 0 Å². The normalized spacial score (nSPS) is 12.3. The molecule has 3 aromatic rings. The minimum Gasteiger partial charge on any atom is -0.444 e. The lowest BCUT2D eigenvalue weighted by Crippen LogP contribution is -2.00. The molecular weight excluding hydrogens is 330 g/mol. The highest BCUT2D eigenvalue weighted by Crippen LogP contribution is 2.27. The highest BCUT2D eigenvalue weighted by molar-refractivity contribution is 7.83. The Morgan fingerprint density at radius 1 is 1.13 bits per heavy atom. The summed E-state index contributed by atoms with van der Waals surface area (Å²) in [5, 5.41) is 0.585. The lowest BCUT2D eigenvalue weighted by molar-refractivity contribution is 0.573. The molecule has 0 saturated heterocycles. The average Bonchev–Trinajstić information content (AvgIpc) is 2.95. The van der Waals surface area contributed by atoms with Crippen LogP contribution in [0.5, 0.6) is 0 Å². The van der Waals surface area contributed by atoms with Crippen molar-refractivity contribution < 1.29 is 8.63 Å². The van der Waals surface area contributed by atoms with Crippen LogP contribution >= 0.6 is 11.6 Å². The van der Waals surface area contributed by atoms with Gasteiger partial charge in [0.05, 0.1) is 22.0 Å². The number of hydrogen-bond donors (Lipinski definition) is 0. The first-order chi connectivity index (χ1) is 11.1. The van der Waals surface area contributed by atoms with Crippen LogP contribution in [-0.2, 0) is 22.3 Å². The van der Waals surface area contributed by atoms with Gasteiger partial charge in [0.2, 0.25) is 5.89 Å². The Kier molecular flexibility index (Phi) is 4.94. The molecular formula is C18H16ClNO2S. The van der Waals surface area contributed by atoms with Gasteiger partial charge in [0.25, 0.3) is 0 Å². The fourth-order valence-electron chi connectivity index (χ4n) is 2.34. The third-order valence-electron chi connectivity index (χ3n) is 3.38. The largest absolute Gasteiger partial charge is 0.444 e. The number of hydrogen-bond acceptors (Lipinski definition) is 3. The number of benzene rings is 2. The zero-order chi connectivity index (χ0) is 16.2. The van der Waals surface area contributed by atoms with E-state index in [1.165, 1.54) is 5.56 Å². The number of oxazole rings is 1. The van der Waals surface area contributed by atoms with Crippen LogP contribution in [0.3, 0.4) is 0 Å². The summed E-state index contributed by atoms with van der Waals surface area (Å²) in [5.74, 6) is 1.33. The fraction of sp³-hybridized carbons (Fsp3) is 0.167. The maximum atomic E-state index is 12.3. The van der Waals surface area contributed by atoms with Gasteiger partial charge in [0.15, 0.2) is 0 Å². The van der Waals surface area contributed by atoms with Crippen LogP contribution in [0.25, 0.3) is 11.5 Å². The second kappa shape index (κ2) is 7.11. The van der Waals surface area contributed by atoms with Crippen LogP contribution in [0.4, 0.5) is 0 Å². The molecule has 2 aromatic carbocycles. The molecule has 118 valence electrons. The summed E-state index contributed by atoms with van der Waals surface area (Å²) >= 11 is 6.14. The molecule has 0 fully saturated rings. The standard InChI is InChI=1S/C18H16ClNO2S/c1-13-5-4-6-14(9-13)11-23(21)12-15-10-22-18(20-15)16-7-2-3-8-17(16)19/h2-10H,11-12H2,1H3/t23-/m0/s1. The van der Waals surface area contributed by atoms with E-state index < -0.39 is 10.8 Å². The summed E-state index contributed by atoms with van der Waals surface area (Å²) in [7, 11) is -1.03. The molecule has 5 heteroatoms. The number of aromatic nitrogens is 1. The van der Waals surface area contributed by atoms with Gasteiger partial charge in [-0.1, -0.05) is 53.6 Å². The van der Waals surface area contributed by atoms with Gasteiger partial charge in [-0.3, -0.25) is 4.21 Å². The van der Waals surface area contributed by atoms with E-state index in [1.807, 2.05) is 43.3 Å². The van der Waals surface area contributed by atoms with E-state index in [2.05, 4.69) is 11.1 Å². The quantitative estimate of drug-likeness (QED) is 0.670. The van der Waals surface area contributed by atoms with E-state index >= 15 is 0 Å². The topological polar surface area (TPSA) is 43.1 Å².